The molecular weight excluding hydrogens is 330 g/mol. The van der Waals surface area contributed by atoms with Gasteiger partial charge in [-0.05, 0) is 61.6 Å². The van der Waals surface area contributed by atoms with Crippen LogP contribution < -0.4 is 21.9 Å². The molecule has 26 heavy (non-hydrogen) atoms. The zero-order chi connectivity index (χ0) is 18.3. The fourth-order valence-electron chi connectivity index (χ4n) is 4.17. The Morgan fingerprint density at radius 3 is 2.54 bits per heavy atom. The van der Waals surface area contributed by atoms with Crippen LogP contribution in [0.3, 0.4) is 0 Å². The molecule has 4 rings (SSSR count). The van der Waals surface area contributed by atoms with Crippen LogP contribution in [0.15, 0.2) is 41.3 Å². The smallest absolute Gasteiger partial charge is 0.354 e. The summed E-state index contributed by atoms with van der Waals surface area (Å²) in [7, 11) is 0. The van der Waals surface area contributed by atoms with Gasteiger partial charge >= 0.3 is 5.69 Å². The Bertz CT molecular complexity index is 823. The van der Waals surface area contributed by atoms with Crippen molar-refractivity contribution in [3.63, 3.8) is 0 Å². The van der Waals surface area contributed by atoms with Crippen molar-refractivity contribution in [3.8, 4) is 11.4 Å². The van der Waals surface area contributed by atoms with E-state index in [9.17, 15) is 4.79 Å². The van der Waals surface area contributed by atoms with Crippen molar-refractivity contribution in [2.24, 2.45) is 23.5 Å². The summed E-state index contributed by atoms with van der Waals surface area (Å²) in [6.07, 6.45) is 1.73. The molecular formula is C19H25N5O2. The van der Waals surface area contributed by atoms with Crippen LogP contribution in [0.5, 0.6) is 5.75 Å². The summed E-state index contributed by atoms with van der Waals surface area (Å²) in [6, 6.07) is 9.04. The van der Waals surface area contributed by atoms with E-state index in [1.807, 2.05) is 24.3 Å². The van der Waals surface area contributed by atoms with Crippen LogP contribution in [0.1, 0.15) is 6.92 Å². The standard InChI is InChI=1S/C19H25N5O2/c1-12(9-23-10-16-15(8-20)17(16)11-23)26-14-4-2-13(3-5-14)24-7-6-18(21)22-19(24)25/h2-7,12,15-17H,8-11,20H2,1H3,(H2,21,22,25)/t12?,15?,16-,17?/m0/s1. The molecule has 138 valence electrons. The molecule has 1 aliphatic carbocycles. The molecule has 1 aliphatic heterocycles. The summed E-state index contributed by atoms with van der Waals surface area (Å²) in [4.78, 5) is 18.1. The lowest BCUT2D eigenvalue weighted by Crippen LogP contribution is -2.35. The fraction of sp³-hybridized carbons (Fsp3) is 0.474. The predicted molar refractivity (Wildman–Crippen MR) is 100 cm³/mol. The van der Waals surface area contributed by atoms with Crippen molar-refractivity contribution in [3.05, 3.63) is 47.0 Å². The van der Waals surface area contributed by atoms with Gasteiger partial charge in [-0.25, -0.2) is 4.79 Å². The monoisotopic (exact) mass is 355 g/mol. The summed E-state index contributed by atoms with van der Waals surface area (Å²) in [5.41, 5.74) is 11.6. The van der Waals surface area contributed by atoms with E-state index in [0.29, 0.717) is 0 Å². The summed E-state index contributed by atoms with van der Waals surface area (Å²) < 4.78 is 7.48. The summed E-state index contributed by atoms with van der Waals surface area (Å²) in [6.45, 7) is 6.13. The number of hydrogen-bond donors (Lipinski definition) is 2. The summed E-state index contributed by atoms with van der Waals surface area (Å²) in [5.74, 6) is 3.37. The number of aromatic nitrogens is 2. The van der Waals surface area contributed by atoms with Crippen LogP contribution in [-0.2, 0) is 0 Å². The van der Waals surface area contributed by atoms with E-state index >= 15 is 0 Å². The highest BCUT2D eigenvalue weighted by Crippen LogP contribution is 2.50. The predicted octanol–water partition coefficient (Wildman–Crippen LogP) is 0.719. The van der Waals surface area contributed by atoms with Crippen LogP contribution in [0.4, 0.5) is 5.82 Å². The van der Waals surface area contributed by atoms with Crippen LogP contribution in [0, 0.1) is 17.8 Å². The Labute approximate surface area is 152 Å². The Hall–Kier alpha value is -2.38. The highest BCUT2D eigenvalue weighted by molar-refractivity contribution is 5.38. The molecule has 3 unspecified atom stereocenters. The van der Waals surface area contributed by atoms with Crippen molar-refractivity contribution in [1.82, 2.24) is 14.5 Å². The minimum atomic E-state index is -0.393. The normalized spacial score (nSPS) is 25.7. The molecule has 7 heteroatoms. The van der Waals surface area contributed by atoms with E-state index in [0.717, 1.165) is 55.4 Å². The highest BCUT2D eigenvalue weighted by atomic mass is 16.5. The molecule has 0 amide bonds. The van der Waals surface area contributed by atoms with Crippen molar-refractivity contribution >= 4 is 5.82 Å². The van der Waals surface area contributed by atoms with Gasteiger partial charge in [-0.15, -0.1) is 0 Å². The second-order valence-corrected chi connectivity index (χ2v) is 7.37. The lowest BCUT2D eigenvalue weighted by Gasteiger charge is -2.24. The maximum atomic E-state index is 11.9. The Balaban J connectivity index is 1.33. The quantitative estimate of drug-likeness (QED) is 0.792. The molecule has 2 heterocycles. The molecule has 0 radical (unpaired) electrons. The van der Waals surface area contributed by atoms with Crippen molar-refractivity contribution < 1.29 is 4.74 Å². The molecule has 4 N–H and O–H groups in total. The van der Waals surface area contributed by atoms with Gasteiger partial charge in [0.2, 0.25) is 0 Å². The van der Waals surface area contributed by atoms with Crippen molar-refractivity contribution in [2.45, 2.75) is 13.0 Å². The highest BCUT2D eigenvalue weighted by Gasteiger charge is 2.54. The fourth-order valence-corrected chi connectivity index (χ4v) is 4.17. The number of nitrogens with two attached hydrogens (primary N) is 2. The van der Waals surface area contributed by atoms with Gasteiger partial charge < -0.3 is 16.2 Å². The van der Waals surface area contributed by atoms with E-state index in [4.69, 9.17) is 16.2 Å². The van der Waals surface area contributed by atoms with E-state index in [1.165, 1.54) is 4.57 Å². The number of ether oxygens (including phenoxy) is 1. The summed E-state index contributed by atoms with van der Waals surface area (Å²) >= 11 is 0. The number of nitrogen functional groups attached to an aromatic ring is 1. The van der Waals surface area contributed by atoms with E-state index in [2.05, 4.69) is 16.8 Å². The second kappa shape index (κ2) is 6.74. The van der Waals surface area contributed by atoms with Gasteiger partial charge in [-0.1, -0.05) is 0 Å². The molecule has 4 atom stereocenters. The Morgan fingerprint density at radius 1 is 1.23 bits per heavy atom. The van der Waals surface area contributed by atoms with Crippen molar-refractivity contribution in [2.75, 3.05) is 31.9 Å². The van der Waals surface area contributed by atoms with Gasteiger partial charge in [0, 0.05) is 25.8 Å². The van der Waals surface area contributed by atoms with Gasteiger partial charge in [-0.2, -0.15) is 4.98 Å². The number of likely N-dealkylation sites (tertiary alicyclic amines) is 1. The molecule has 1 aromatic carbocycles. The van der Waals surface area contributed by atoms with Gasteiger partial charge in [0.1, 0.15) is 17.7 Å². The Kier molecular flexibility index (Phi) is 4.42. The van der Waals surface area contributed by atoms with Gasteiger partial charge in [0.15, 0.2) is 0 Å². The lowest BCUT2D eigenvalue weighted by molar-refractivity contribution is 0.150. The average Bonchev–Trinajstić information content (AvgIpc) is 3.09. The molecule has 0 spiro atoms. The third-order valence-electron chi connectivity index (χ3n) is 5.51. The first-order valence-electron chi connectivity index (χ1n) is 9.10. The van der Waals surface area contributed by atoms with E-state index < -0.39 is 5.69 Å². The third-order valence-corrected chi connectivity index (χ3v) is 5.51. The number of rotatable bonds is 6. The number of anilines is 1. The molecule has 0 bridgehead atoms. The molecule has 2 aliphatic rings. The molecule has 2 fully saturated rings. The van der Waals surface area contributed by atoms with Crippen LogP contribution >= 0.6 is 0 Å². The molecule has 1 saturated carbocycles. The number of piperidine rings is 1. The largest absolute Gasteiger partial charge is 0.489 e. The zero-order valence-electron chi connectivity index (χ0n) is 14.9. The maximum absolute atomic E-state index is 11.9. The third kappa shape index (κ3) is 3.32. The van der Waals surface area contributed by atoms with Crippen LogP contribution in [0.2, 0.25) is 0 Å². The first-order valence-corrected chi connectivity index (χ1v) is 9.10. The van der Waals surface area contributed by atoms with Gasteiger partial charge in [-0.3, -0.25) is 9.47 Å². The molecule has 2 aromatic rings. The second-order valence-electron chi connectivity index (χ2n) is 7.37. The minimum absolute atomic E-state index is 0.107. The Morgan fingerprint density at radius 2 is 1.92 bits per heavy atom. The van der Waals surface area contributed by atoms with Crippen LogP contribution in [-0.4, -0.2) is 46.7 Å². The number of hydrogen-bond acceptors (Lipinski definition) is 6. The number of nitrogens with zero attached hydrogens (tertiary/aromatic N) is 3. The van der Waals surface area contributed by atoms with E-state index in [-0.39, 0.29) is 11.9 Å². The number of benzene rings is 1. The zero-order valence-corrected chi connectivity index (χ0v) is 14.9. The topological polar surface area (TPSA) is 99.4 Å². The first-order chi connectivity index (χ1) is 12.5. The van der Waals surface area contributed by atoms with Crippen molar-refractivity contribution in [1.29, 1.82) is 0 Å². The first kappa shape index (κ1) is 17.1. The lowest BCUT2D eigenvalue weighted by atomic mass is 10.2. The summed E-state index contributed by atoms with van der Waals surface area (Å²) in [5, 5.41) is 0. The molecule has 1 saturated heterocycles. The van der Waals surface area contributed by atoms with Crippen LogP contribution in [0.25, 0.3) is 5.69 Å². The van der Waals surface area contributed by atoms with E-state index in [1.54, 1.807) is 12.3 Å². The van der Waals surface area contributed by atoms with Gasteiger partial charge in [0.05, 0.1) is 5.69 Å². The number of fused-ring (bicyclic) bond motifs is 1. The molecule has 7 nitrogen and oxygen atoms in total. The minimum Gasteiger partial charge on any atom is -0.489 e. The van der Waals surface area contributed by atoms with Gasteiger partial charge in [0.25, 0.3) is 0 Å². The average molecular weight is 355 g/mol. The maximum Gasteiger partial charge on any atom is 0.354 e. The SMILES string of the molecule is CC(CN1CC2C(CN)[C@@H]2C1)Oc1ccc(-n2ccc(N)nc2=O)cc1. The molecule has 1 aromatic heterocycles.